The summed E-state index contributed by atoms with van der Waals surface area (Å²) in [7, 11) is -4.67. The predicted molar refractivity (Wildman–Crippen MR) is 76.9 cm³/mol. The minimum atomic E-state index is -4.67. The molecule has 2 aromatic carbocycles. The topological polar surface area (TPSA) is 128 Å². The number of fused-ring (bicyclic) bond motifs is 3. The van der Waals surface area contributed by atoms with E-state index >= 15 is 0 Å². The maximum Gasteiger partial charge on any atom is 0.394 e. The van der Waals surface area contributed by atoms with Gasteiger partial charge in [0, 0.05) is 21.8 Å². The lowest BCUT2D eigenvalue weighted by atomic mass is 10.1. The zero-order valence-corrected chi connectivity index (χ0v) is 11.3. The minimum Gasteiger partial charge on any atom is -0.478 e. The summed E-state index contributed by atoms with van der Waals surface area (Å²) in [5.74, 6) is -0.893. The summed E-state index contributed by atoms with van der Waals surface area (Å²) < 4.78 is 31.6. The molecule has 0 aliphatic rings. The molecule has 3 aromatic rings. The van der Waals surface area contributed by atoms with E-state index in [4.69, 9.17) is 22.6 Å². The van der Waals surface area contributed by atoms with Crippen LogP contribution in [0, 0.1) is 0 Å². The molecule has 7 nitrogen and oxygen atoms in total. The summed E-state index contributed by atoms with van der Waals surface area (Å²) in [6, 6.07) is 13.0. The highest BCUT2D eigenvalue weighted by Gasteiger charge is 2.12. The molecule has 0 aliphatic carbocycles. The van der Waals surface area contributed by atoms with Gasteiger partial charge in [-0.05, 0) is 18.2 Å². The van der Waals surface area contributed by atoms with E-state index in [-0.39, 0.29) is 0 Å². The summed E-state index contributed by atoms with van der Waals surface area (Å²) in [6.07, 6.45) is 0. The van der Waals surface area contributed by atoms with Crippen molar-refractivity contribution in [3.63, 3.8) is 0 Å². The van der Waals surface area contributed by atoms with Crippen LogP contribution in [0.4, 0.5) is 0 Å². The minimum absolute atomic E-state index is 0.343. The van der Waals surface area contributed by atoms with Gasteiger partial charge in [0.2, 0.25) is 0 Å². The van der Waals surface area contributed by atoms with Crippen LogP contribution in [0.25, 0.3) is 21.8 Å². The number of nitrogens with one attached hydrogen (secondary N) is 1. The van der Waals surface area contributed by atoms with Crippen molar-refractivity contribution in [1.82, 2.24) is 4.98 Å². The monoisotopic (exact) mass is 309 g/mol. The van der Waals surface area contributed by atoms with E-state index in [9.17, 15) is 4.79 Å². The average molecular weight is 309 g/mol. The van der Waals surface area contributed by atoms with Gasteiger partial charge in [0.15, 0.2) is 0 Å². The number of benzene rings is 2. The maximum absolute atomic E-state index is 11.1. The predicted octanol–water partition coefficient (Wildman–Crippen LogP) is 2.37. The zero-order chi connectivity index (χ0) is 15.6. The van der Waals surface area contributed by atoms with Gasteiger partial charge in [-0.15, -0.1) is 0 Å². The molecule has 0 unspecified atom stereocenters. The second-order valence-electron chi connectivity index (χ2n) is 4.15. The number of H-pyrrole nitrogens is 1. The van der Waals surface area contributed by atoms with E-state index in [1.54, 1.807) is 12.1 Å². The standard InChI is InChI=1S/C13H9NO2.H2O4S/c15-13(16)9-5-3-7-11-12(9)8-4-1-2-6-10(8)14-11;1-5(2,3)4/h1-7,14H,(H,15,16);(H2,1,2,3,4). The molecule has 0 saturated heterocycles. The molecule has 0 radical (unpaired) electrons. The molecule has 110 valence electrons. The number of carboxylic acids is 1. The molecule has 0 fully saturated rings. The molecule has 0 amide bonds. The van der Waals surface area contributed by atoms with E-state index in [0.29, 0.717) is 5.56 Å². The average Bonchev–Trinajstić information content (AvgIpc) is 2.74. The Labute approximate surface area is 119 Å². The largest absolute Gasteiger partial charge is 0.478 e. The van der Waals surface area contributed by atoms with Gasteiger partial charge in [0.1, 0.15) is 0 Å². The maximum atomic E-state index is 11.1. The Morgan fingerprint density at radius 3 is 2.14 bits per heavy atom. The van der Waals surface area contributed by atoms with Gasteiger partial charge in [0.05, 0.1) is 5.56 Å². The molecule has 0 saturated carbocycles. The quantitative estimate of drug-likeness (QED) is 0.511. The van der Waals surface area contributed by atoms with Crippen molar-refractivity contribution in [2.45, 2.75) is 0 Å². The van der Waals surface area contributed by atoms with Crippen LogP contribution in [0.15, 0.2) is 42.5 Å². The zero-order valence-electron chi connectivity index (χ0n) is 10.5. The van der Waals surface area contributed by atoms with Crippen LogP contribution in [0.1, 0.15) is 10.4 Å². The molecule has 0 aliphatic heterocycles. The van der Waals surface area contributed by atoms with Gasteiger partial charge in [0.25, 0.3) is 0 Å². The van der Waals surface area contributed by atoms with Gasteiger partial charge < -0.3 is 10.1 Å². The van der Waals surface area contributed by atoms with E-state index in [1.807, 2.05) is 30.3 Å². The number of rotatable bonds is 1. The highest BCUT2D eigenvalue weighted by Crippen LogP contribution is 2.28. The Morgan fingerprint density at radius 1 is 0.952 bits per heavy atom. The molecule has 0 atom stereocenters. The third-order valence-corrected chi connectivity index (χ3v) is 2.76. The van der Waals surface area contributed by atoms with Crippen LogP contribution in [0.5, 0.6) is 0 Å². The Balaban J connectivity index is 0.000000282. The highest BCUT2D eigenvalue weighted by molar-refractivity contribution is 7.79. The molecule has 8 heteroatoms. The van der Waals surface area contributed by atoms with Crippen LogP contribution in [-0.2, 0) is 10.4 Å². The van der Waals surface area contributed by atoms with Crippen molar-refractivity contribution in [1.29, 1.82) is 0 Å². The molecule has 1 heterocycles. The third-order valence-electron chi connectivity index (χ3n) is 2.76. The number of carboxylic acid groups (broad SMARTS) is 1. The molecule has 1 aromatic heterocycles. The second-order valence-corrected chi connectivity index (χ2v) is 5.05. The first-order valence-corrected chi connectivity index (χ1v) is 7.09. The van der Waals surface area contributed by atoms with E-state index in [2.05, 4.69) is 4.98 Å². The molecule has 4 N–H and O–H groups in total. The molecular formula is C13H11NO6S. The summed E-state index contributed by atoms with van der Waals surface area (Å²) in [5.41, 5.74) is 2.17. The normalized spacial score (nSPS) is 11.1. The Bertz CT molecular complexity index is 905. The SMILES string of the molecule is O=C(O)c1cccc2[nH]c3ccccc3c12.O=S(=O)(O)O. The fraction of sp³-hybridized carbons (Fsp3) is 0. The molecule has 3 rings (SSSR count). The lowest BCUT2D eigenvalue weighted by Gasteiger charge is -1.97. The third kappa shape index (κ3) is 3.57. The lowest BCUT2D eigenvalue weighted by molar-refractivity contribution is 0.0699. The van der Waals surface area contributed by atoms with Gasteiger partial charge in [-0.25, -0.2) is 4.79 Å². The smallest absolute Gasteiger partial charge is 0.394 e. The first kappa shape index (κ1) is 15.0. The number of hydrogen-bond donors (Lipinski definition) is 4. The molecule has 21 heavy (non-hydrogen) atoms. The summed E-state index contributed by atoms with van der Waals surface area (Å²) in [5, 5.41) is 10.9. The number of aromatic carboxylic acids is 1. The first-order chi connectivity index (χ1) is 9.77. The molecule has 0 bridgehead atoms. The number of aromatic nitrogens is 1. The van der Waals surface area contributed by atoms with Gasteiger partial charge >= 0.3 is 16.4 Å². The number of carbonyl (C=O) groups is 1. The summed E-state index contributed by atoms with van der Waals surface area (Å²) in [6.45, 7) is 0. The number of hydrogen-bond acceptors (Lipinski definition) is 3. The fourth-order valence-corrected chi connectivity index (χ4v) is 2.08. The van der Waals surface area contributed by atoms with Crippen LogP contribution in [-0.4, -0.2) is 33.6 Å². The van der Waals surface area contributed by atoms with Crippen molar-refractivity contribution < 1.29 is 27.4 Å². The summed E-state index contributed by atoms with van der Waals surface area (Å²) in [4.78, 5) is 14.4. The van der Waals surface area contributed by atoms with Crippen LogP contribution < -0.4 is 0 Å². The highest BCUT2D eigenvalue weighted by atomic mass is 32.3. The Hall–Kier alpha value is -2.42. The van der Waals surface area contributed by atoms with Crippen LogP contribution in [0.3, 0.4) is 0 Å². The first-order valence-electron chi connectivity index (χ1n) is 5.70. The summed E-state index contributed by atoms with van der Waals surface area (Å²) >= 11 is 0. The number of aromatic amines is 1. The van der Waals surface area contributed by atoms with Crippen LogP contribution >= 0.6 is 0 Å². The molecule has 0 spiro atoms. The van der Waals surface area contributed by atoms with Crippen molar-refractivity contribution >= 4 is 38.2 Å². The Kier molecular flexibility index (Phi) is 3.94. The van der Waals surface area contributed by atoms with Crippen molar-refractivity contribution in [2.75, 3.05) is 0 Å². The van der Waals surface area contributed by atoms with Crippen molar-refractivity contribution in [3.8, 4) is 0 Å². The van der Waals surface area contributed by atoms with Gasteiger partial charge in [-0.3, -0.25) is 9.11 Å². The van der Waals surface area contributed by atoms with Crippen molar-refractivity contribution in [2.24, 2.45) is 0 Å². The van der Waals surface area contributed by atoms with Gasteiger partial charge in [-0.2, -0.15) is 8.42 Å². The van der Waals surface area contributed by atoms with E-state index in [1.165, 1.54) is 0 Å². The fourth-order valence-electron chi connectivity index (χ4n) is 2.08. The number of para-hydroxylation sites is 1. The van der Waals surface area contributed by atoms with Crippen LogP contribution in [0.2, 0.25) is 0 Å². The second kappa shape index (κ2) is 5.52. The van der Waals surface area contributed by atoms with Crippen molar-refractivity contribution in [3.05, 3.63) is 48.0 Å². The van der Waals surface area contributed by atoms with E-state index in [0.717, 1.165) is 21.8 Å². The Morgan fingerprint density at radius 2 is 1.52 bits per heavy atom. The lowest BCUT2D eigenvalue weighted by Crippen LogP contribution is -1.96. The van der Waals surface area contributed by atoms with Gasteiger partial charge in [-0.1, -0.05) is 24.3 Å². The van der Waals surface area contributed by atoms with E-state index < -0.39 is 16.4 Å². The molecular weight excluding hydrogens is 298 g/mol.